The minimum atomic E-state index is -2.51. The van der Waals surface area contributed by atoms with E-state index in [1.54, 1.807) is 18.2 Å². The van der Waals surface area contributed by atoms with Crippen LogP contribution in [0.1, 0.15) is 0 Å². The minimum absolute atomic E-state index is 0.134. The largest absolute Gasteiger partial charge is 0.207 e. The van der Waals surface area contributed by atoms with Gasteiger partial charge >= 0.3 is 0 Å². The highest BCUT2D eigenvalue weighted by molar-refractivity contribution is 7.19. The Kier molecular flexibility index (Phi) is 5.16. The van der Waals surface area contributed by atoms with Crippen LogP contribution in [0.15, 0.2) is 91.0 Å². The molecule has 0 heterocycles. The molecule has 4 aromatic carbocycles. The topological polar surface area (TPSA) is 0 Å². The molecule has 0 spiro atoms. The summed E-state index contributed by atoms with van der Waals surface area (Å²) in [4.78, 5) is 0. The van der Waals surface area contributed by atoms with Gasteiger partial charge in [0.15, 0.2) is 0 Å². The molecule has 0 atom stereocenters. The van der Waals surface area contributed by atoms with Gasteiger partial charge in [-0.15, -0.1) is 0 Å². The summed E-state index contributed by atoms with van der Waals surface area (Å²) in [5.74, 6) is -3.43. The molecule has 30 heavy (non-hydrogen) atoms. The molecule has 0 saturated carbocycles. The SMILES string of the molecule is Fc1cccc([B-](c2cccc(F)c2)(c2cccc(F)c2)c2cc(F)cc(F)c2)c1. The summed E-state index contributed by atoms with van der Waals surface area (Å²) < 4.78 is 71.4. The molecular formula is C24H15BF5-. The van der Waals surface area contributed by atoms with E-state index in [2.05, 4.69) is 0 Å². The zero-order valence-electron chi connectivity index (χ0n) is 15.6. The third-order valence-electron chi connectivity index (χ3n) is 5.43. The highest BCUT2D eigenvalue weighted by Gasteiger charge is 2.33. The Labute approximate surface area is 170 Å². The molecule has 4 rings (SSSR count). The number of halogens is 5. The van der Waals surface area contributed by atoms with Gasteiger partial charge in [0.1, 0.15) is 35.2 Å². The summed E-state index contributed by atoms with van der Waals surface area (Å²) in [5, 5.41) is 0. The first-order chi connectivity index (χ1) is 14.4. The lowest BCUT2D eigenvalue weighted by Gasteiger charge is -2.44. The van der Waals surface area contributed by atoms with Gasteiger partial charge in [-0.25, -0.2) is 22.0 Å². The van der Waals surface area contributed by atoms with Crippen molar-refractivity contribution in [1.82, 2.24) is 0 Å². The van der Waals surface area contributed by atoms with Crippen molar-refractivity contribution in [3.63, 3.8) is 0 Å². The second-order valence-corrected chi connectivity index (χ2v) is 7.23. The van der Waals surface area contributed by atoms with Gasteiger partial charge < -0.3 is 0 Å². The lowest BCUT2D eigenvalue weighted by Crippen LogP contribution is -2.75. The van der Waals surface area contributed by atoms with Crippen LogP contribution < -0.4 is 21.9 Å². The first kappa shape index (κ1) is 19.9. The van der Waals surface area contributed by atoms with Crippen LogP contribution in [0.25, 0.3) is 0 Å². The van der Waals surface area contributed by atoms with E-state index in [-0.39, 0.29) is 5.46 Å². The molecule has 0 aliphatic rings. The van der Waals surface area contributed by atoms with Crippen LogP contribution in [-0.2, 0) is 0 Å². The van der Waals surface area contributed by atoms with E-state index in [1.807, 2.05) is 0 Å². The fourth-order valence-electron chi connectivity index (χ4n) is 4.31. The maximum atomic E-state index is 14.3. The van der Waals surface area contributed by atoms with E-state index in [0.717, 1.165) is 12.1 Å². The minimum Gasteiger partial charge on any atom is -0.207 e. The Balaban J connectivity index is 2.21. The zero-order chi connectivity index (χ0) is 21.3. The van der Waals surface area contributed by atoms with Gasteiger partial charge in [0.2, 0.25) is 0 Å². The number of rotatable bonds is 4. The summed E-state index contributed by atoms with van der Waals surface area (Å²) >= 11 is 0. The Hall–Kier alpha value is -3.41. The van der Waals surface area contributed by atoms with Gasteiger partial charge in [0.05, 0.1) is 0 Å². The number of hydrogen-bond acceptors (Lipinski definition) is 0. The second kappa shape index (κ2) is 7.79. The Morgan fingerprint density at radius 2 is 0.700 bits per heavy atom. The van der Waals surface area contributed by atoms with E-state index in [1.165, 1.54) is 54.6 Å². The third kappa shape index (κ3) is 3.49. The van der Waals surface area contributed by atoms with Crippen LogP contribution in [0.4, 0.5) is 22.0 Å². The van der Waals surface area contributed by atoms with Gasteiger partial charge in [-0.1, -0.05) is 66.7 Å². The molecule has 0 aliphatic carbocycles. The van der Waals surface area contributed by atoms with Crippen molar-refractivity contribution < 1.29 is 22.0 Å². The van der Waals surface area contributed by atoms with Crippen molar-refractivity contribution in [2.75, 3.05) is 0 Å². The predicted octanol–water partition coefficient (Wildman–Crippen LogP) is 3.76. The molecule has 0 nitrogen and oxygen atoms in total. The molecule has 0 amide bonds. The Bertz CT molecular complexity index is 1090. The van der Waals surface area contributed by atoms with Gasteiger partial charge in [-0.2, -0.15) is 21.9 Å². The lowest BCUT2D eigenvalue weighted by molar-refractivity contribution is 0.585. The summed E-state index contributed by atoms with van der Waals surface area (Å²) in [6.45, 7) is 0. The standard InChI is InChI=1S/C24H15BF5/c26-20-7-1-4-16(10-20)25(17-5-2-8-21(27)11-17,18-6-3-9-22(28)12-18)19-13-23(29)15-24(30)14-19/h1-15H/q-1. The third-order valence-corrected chi connectivity index (χ3v) is 5.43. The van der Waals surface area contributed by atoms with Gasteiger partial charge in [-0.05, 0) is 18.2 Å². The average Bonchev–Trinajstić information content (AvgIpc) is 2.68. The van der Waals surface area contributed by atoms with Crippen molar-refractivity contribution in [2.45, 2.75) is 0 Å². The molecule has 0 unspecified atom stereocenters. The molecule has 0 radical (unpaired) electrons. The van der Waals surface area contributed by atoms with Gasteiger partial charge in [0.25, 0.3) is 0 Å². The maximum absolute atomic E-state index is 14.3. The predicted molar refractivity (Wildman–Crippen MR) is 110 cm³/mol. The quantitative estimate of drug-likeness (QED) is 0.356. The highest BCUT2D eigenvalue weighted by atomic mass is 19.1. The zero-order valence-corrected chi connectivity index (χ0v) is 15.6. The van der Waals surface area contributed by atoms with Crippen LogP contribution in [0.2, 0.25) is 0 Å². The Morgan fingerprint density at radius 3 is 1.03 bits per heavy atom. The second-order valence-electron chi connectivity index (χ2n) is 7.23. The van der Waals surface area contributed by atoms with Crippen LogP contribution in [0.3, 0.4) is 0 Å². The molecule has 0 N–H and O–H groups in total. The number of benzene rings is 4. The molecule has 0 bridgehead atoms. The van der Waals surface area contributed by atoms with Crippen LogP contribution in [-0.4, -0.2) is 6.15 Å². The summed E-state index contributed by atoms with van der Waals surface area (Å²) in [6.07, 6.45) is -2.51. The smallest absolute Gasteiger partial charge is 0.123 e. The Morgan fingerprint density at radius 1 is 0.367 bits per heavy atom. The van der Waals surface area contributed by atoms with Crippen molar-refractivity contribution in [3.05, 3.63) is 120 Å². The van der Waals surface area contributed by atoms with Gasteiger partial charge in [-0.3, -0.25) is 0 Å². The number of hydrogen-bond donors (Lipinski definition) is 0. The molecule has 0 saturated heterocycles. The molecule has 150 valence electrons. The summed E-state index contributed by atoms with van der Waals surface area (Å²) in [5.41, 5.74) is 1.12. The molecule has 6 heteroatoms. The van der Waals surface area contributed by atoms with Crippen LogP contribution >= 0.6 is 0 Å². The summed E-state index contributed by atoms with van der Waals surface area (Å²) in [7, 11) is 0. The normalized spacial score (nSPS) is 11.5. The first-order valence-electron chi connectivity index (χ1n) is 9.30. The van der Waals surface area contributed by atoms with E-state index in [0.29, 0.717) is 22.5 Å². The van der Waals surface area contributed by atoms with Crippen molar-refractivity contribution >= 4 is 28.0 Å². The first-order valence-corrected chi connectivity index (χ1v) is 9.30. The molecule has 4 aromatic rings. The monoisotopic (exact) mass is 409 g/mol. The molecule has 0 fully saturated rings. The molecule has 0 aromatic heterocycles. The lowest BCUT2D eigenvalue weighted by atomic mass is 9.13. The van der Waals surface area contributed by atoms with Gasteiger partial charge in [0, 0.05) is 6.07 Å². The summed E-state index contributed by atoms with van der Waals surface area (Å²) in [6, 6.07) is 19.4. The van der Waals surface area contributed by atoms with E-state index in [9.17, 15) is 22.0 Å². The van der Waals surface area contributed by atoms with Crippen LogP contribution in [0.5, 0.6) is 0 Å². The average molecular weight is 409 g/mol. The fourth-order valence-corrected chi connectivity index (χ4v) is 4.31. The molecule has 0 aliphatic heterocycles. The van der Waals surface area contributed by atoms with E-state index in [4.69, 9.17) is 0 Å². The molecular weight excluding hydrogens is 394 g/mol. The fraction of sp³-hybridized carbons (Fsp3) is 0. The van der Waals surface area contributed by atoms with E-state index < -0.39 is 35.2 Å². The van der Waals surface area contributed by atoms with Crippen molar-refractivity contribution in [3.8, 4) is 0 Å². The maximum Gasteiger partial charge on any atom is 0.123 e. The van der Waals surface area contributed by atoms with E-state index >= 15 is 0 Å². The van der Waals surface area contributed by atoms with Crippen molar-refractivity contribution in [2.24, 2.45) is 0 Å². The van der Waals surface area contributed by atoms with Crippen LogP contribution in [0, 0.1) is 29.1 Å². The van der Waals surface area contributed by atoms with Crippen molar-refractivity contribution in [1.29, 1.82) is 0 Å². The highest BCUT2D eigenvalue weighted by Crippen LogP contribution is 2.14.